The van der Waals surface area contributed by atoms with E-state index in [2.05, 4.69) is 0 Å². The van der Waals surface area contributed by atoms with Crippen molar-refractivity contribution in [3.05, 3.63) is 35.6 Å². The Balaban J connectivity index is 2.02. The number of rotatable bonds is 4. The fourth-order valence-electron chi connectivity index (χ4n) is 2.49. The Labute approximate surface area is 107 Å². The van der Waals surface area contributed by atoms with E-state index >= 15 is 0 Å². The van der Waals surface area contributed by atoms with Crippen molar-refractivity contribution in [3.8, 4) is 0 Å². The second kappa shape index (κ2) is 5.06. The highest BCUT2D eigenvalue weighted by Gasteiger charge is 2.37. The number of halogens is 1. The summed E-state index contributed by atoms with van der Waals surface area (Å²) in [6, 6.07) is 5.65. The number of hydrogen-bond acceptors (Lipinski definition) is 2. The van der Waals surface area contributed by atoms with Crippen LogP contribution in [0.25, 0.3) is 0 Å². The molecule has 2 rings (SSSR count). The summed E-state index contributed by atoms with van der Waals surface area (Å²) in [5.74, 6) is -0.402. The molecule has 0 spiro atoms. The van der Waals surface area contributed by atoms with Crippen LogP contribution in [0.2, 0.25) is 0 Å². The number of carbonyl (C=O) groups excluding carboxylic acids is 1. The van der Waals surface area contributed by atoms with Crippen molar-refractivity contribution in [2.75, 3.05) is 20.1 Å². The van der Waals surface area contributed by atoms with Crippen LogP contribution in [0.15, 0.2) is 24.3 Å². The van der Waals surface area contributed by atoms with Crippen molar-refractivity contribution >= 4 is 5.91 Å². The average Bonchev–Trinajstić information content (AvgIpc) is 2.33. The molecule has 1 saturated carbocycles. The van der Waals surface area contributed by atoms with Crippen LogP contribution in [0, 0.1) is 11.2 Å². The first-order valence-electron chi connectivity index (χ1n) is 6.27. The van der Waals surface area contributed by atoms with Crippen LogP contribution in [0.5, 0.6) is 0 Å². The molecule has 0 saturated heterocycles. The minimum atomic E-state index is -0.327. The van der Waals surface area contributed by atoms with Crippen LogP contribution in [0.4, 0.5) is 4.39 Å². The van der Waals surface area contributed by atoms with Crippen LogP contribution < -0.4 is 5.73 Å². The van der Waals surface area contributed by atoms with Crippen molar-refractivity contribution in [1.82, 2.24) is 4.90 Å². The molecule has 0 atom stereocenters. The van der Waals surface area contributed by atoms with Crippen molar-refractivity contribution in [2.45, 2.75) is 19.3 Å². The lowest BCUT2D eigenvalue weighted by Crippen LogP contribution is -2.47. The Hall–Kier alpha value is -1.42. The maximum atomic E-state index is 12.8. The zero-order chi connectivity index (χ0) is 13.2. The monoisotopic (exact) mass is 250 g/mol. The molecule has 0 unspecified atom stereocenters. The third-order valence-corrected chi connectivity index (χ3v) is 3.86. The second-order valence-electron chi connectivity index (χ2n) is 5.23. The molecule has 0 radical (unpaired) electrons. The zero-order valence-corrected chi connectivity index (χ0v) is 10.7. The van der Waals surface area contributed by atoms with E-state index in [1.165, 1.54) is 30.7 Å². The maximum Gasteiger partial charge on any atom is 0.253 e. The fraction of sp³-hybridized carbons (Fsp3) is 0.500. The summed E-state index contributed by atoms with van der Waals surface area (Å²) in [7, 11) is 1.78. The minimum Gasteiger partial charge on any atom is -0.341 e. The summed E-state index contributed by atoms with van der Waals surface area (Å²) in [6.07, 6.45) is 3.37. The standard InChI is InChI=1S/C14H19FN2O/c1-17(10-14(9-16)7-2-8-14)13(18)11-3-5-12(15)6-4-11/h3-6H,2,7-10,16H2,1H3. The molecule has 4 heteroatoms. The van der Waals surface area contributed by atoms with Gasteiger partial charge < -0.3 is 10.6 Å². The van der Waals surface area contributed by atoms with Gasteiger partial charge in [-0.2, -0.15) is 0 Å². The maximum absolute atomic E-state index is 12.8. The number of benzene rings is 1. The quantitative estimate of drug-likeness (QED) is 0.888. The molecule has 1 amide bonds. The Morgan fingerprint density at radius 3 is 2.44 bits per heavy atom. The number of nitrogens with two attached hydrogens (primary N) is 1. The lowest BCUT2D eigenvalue weighted by Gasteiger charge is -2.43. The molecule has 1 aliphatic rings. The van der Waals surface area contributed by atoms with E-state index in [0.29, 0.717) is 18.7 Å². The molecular weight excluding hydrogens is 231 g/mol. The number of carbonyl (C=O) groups is 1. The van der Waals surface area contributed by atoms with E-state index < -0.39 is 0 Å². The van der Waals surface area contributed by atoms with Gasteiger partial charge in [-0.05, 0) is 43.7 Å². The van der Waals surface area contributed by atoms with Gasteiger partial charge in [-0.25, -0.2) is 4.39 Å². The van der Waals surface area contributed by atoms with Crippen LogP contribution in [-0.4, -0.2) is 30.9 Å². The highest BCUT2D eigenvalue weighted by atomic mass is 19.1. The molecule has 18 heavy (non-hydrogen) atoms. The Morgan fingerprint density at radius 1 is 1.39 bits per heavy atom. The van der Waals surface area contributed by atoms with Crippen LogP contribution in [0.1, 0.15) is 29.6 Å². The van der Waals surface area contributed by atoms with Gasteiger partial charge in [0.25, 0.3) is 5.91 Å². The van der Waals surface area contributed by atoms with Gasteiger partial charge in [0, 0.05) is 24.6 Å². The van der Waals surface area contributed by atoms with E-state index in [-0.39, 0.29) is 17.1 Å². The van der Waals surface area contributed by atoms with Gasteiger partial charge in [-0.3, -0.25) is 4.79 Å². The highest BCUT2D eigenvalue weighted by molar-refractivity contribution is 5.94. The largest absolute Gasteiger partial charge is 0.341 e. The minimum absolute atomic E-state index is 0.0743. The predicted octanol–water partition coefficient (Wildman–Crippen LogP) is 2.03. The van der Waals surface area contributed by atoms with Gasteiger partial charge >= 0.3 is 0 Å². The summed E-state index contributed by atoms with van der Waals surface area (Å²) < 4.78 is 12.8. The summed E-state index contributed by atoms with van der Waals surface area (Å²) in [6.45, 7) is 1.30. The average molecular weight is 250 g/mol. The van der Waals surface area contributed by atoms with Crippen molar-refractivity contribution in [3.63, 3.8) is 0 Å². The second-order valence-corrected chi connectivity index (χ2v) is 5.23. The first-order chi connectivity index (χ1) is 8.56. The van der Waals surface area contributed by atoms with Gasteiger partial charge in [-0.15, -0.1) is 0 Å². The summed E-state index contributed by atoms with van der Waals surface area (Å²) >= 11 is 0. The zero-order valence-electron chi connectivity index (χ0n) is 10.7. The molecule has 0 bridgehead atoms. The van der Waals surface area contributed by atoms with Crippen molar-refractivity contribution in [1.29, 1.82) is 0 Å². The van der Waals surface area contributed by atoms with Crippen molar-refractivity contribution < 1.29 is 9.18 Å². The number of hydrogen-bond donors (Lipinski definition) is 1. The van der Waals surface area contributed by atoms with Crippen LogP contribution in [-0.2, 0) is 0 Å². The van der Waals surface area contributed by atoms with E-state index in [4.69, 9.17) is 5.73 Å². The van der Waals surface area contributed by atoms with Gasteiger partial charge in [0.1, 0.15) is 5.82 Å². The fourth-order valence-corrected chi connectivity index (χ4v) is 2.49. The van der Waals surface area contributed by atoms with E-state index in [1.54, 1.807) is 11.9 Å². The summed E-state index contributed by atoms with van der Waals surface area (Å²) in [5.41, 5.74) is 6.41. The van der Waals surface area contributed by atoms with E-state index in [9.17, 15) is 9.18 Å². The molecular formula is C14H19FN2O. The number of nitrogens with zero attached hydrogens (tertiary/aromatic N) is 1. The predicted molar refractivity (Wildman–Crippen MR) is 68.7 cm³/mol. The third kappa shape index (κ3) is 2.53. The first-order valence-corrected chi connectivity index (χ1v) is 6.27. The Kier molecular flexibility index (Phi) is 3.66. The summed E-state index contributed by atoms with van der Waals surface area (Å²) in [5, 5.41) is 0. The lowest BCUT2D eigenvalue weighted by atomic mass is 9.68. The normalized spacial score (nSPS) is 17.1. The molecule has 0 heterocycles. The SMILES string of the molecule is CN(CC1(CN)CCC1)C(=O)c1ccc(F)cc1. The molecule has 1 aliphatic carbocycles. The van der Waals surface area contributed by atoms with E-state index in [1.807, 2.05) is 0 Å². The van der Waals surface area contributed by atoms with E-state index in [0.717, 1.165) is 12.8 Å². The van der Waals surface area contributed by atoms with Gasteiger partial charge in [0.15, 0.2) is 0 Å². The highest BCUT2D eigenvalue weighted by Crippen LogP contribution is 2.40. The van der Waals surface area contributed by atoms with Crippen LogP contribution >= 0.6 is 0 Å². The first kappa shape index (κ1) is 13.0. The Bertz CT molecular complexity index is 420. The molecule has 1 fully saturated rings. The number of amides is 1. The molecule has 98 valence electrons. The summed E-state index contributed by atoms with van der Waals surface area (Å²) in [4.78, 5) is 13.8. The molecule has 1 aromatic carbocycles. The molecule has 0 aromatic heterocycles. The van der Waals surface area contributed by atoms with Gasteiger partial charge in [0.2, 0.25) is 0 Å². The topological polar surface area (TPSA) is 46.3 Å². The third-order valence-electron chi connectivity index (χ3n) is 3.86. The molecule has 2 N–H and O–H groups in total. The Morgan fingerprint density at radius 2 is 2.00 bits per heavy atom. The molecule has 3 nitrogen and oxygen atoms in total. The smallest absolute Gasteiger partial charge is 0.253 e. The van der Waals surface area contributed by atoms with Crippen LogP contribution in [0.3, 0.4) is 0 Å². The molecule has 1 aromatic rings. The van der Waals surface area contributed by atoms with Crippen molar-refractivity contribution in [2.24, 2.45) is 11.1 Å². The molecule has 0 aliphatic heterocycles. The van der Waals surface area contributed by atoms with Gasteiger partial charge in [-0.1, -0.05) is 6.42 Å². The van der Waals surface area contributed by atoms with Gasteiger partial charge in [0.05, 0.1) is 0 Å². The lowest BCUT2D eigenvalue weighted by molar-refractivity contribution is 0.0568.